The van der Waals surface area contributed by atoms with Gasteiger partial charge in [0, 0.05) is 24.6 Å². The van der Waals surface area contributed by atoms with Gasteiger partial charge in [0.1, 0.15) is 17.0 Å². The van der Waals surface area contributed by atoms with E-state index in [0.29, 0.717) is 29.8 Å². The van der Waals surface area contributed by atoms with Crippen LogP contribution in [0.2, 0.25) is 0 Å². The van der Waals surface area contributed by atoms with E-state index in [1.807, 2.05) is 24.3 Å². The van der Waals surface area contributed by atoms with Gasteiger partial charge in [0.15, 0.2) is 0 Å². The molecule has 0 radical (unpaired) electrons. The third-order valence-corrected chi connectivity index (χ3v) is 8.25. The molecule has 2 heterocycles. The van der Waals surface area contributed by atoms with E-state index in [9.17, 15) is 13.6 Å². The first-order chi connectivity index (χ1) is 15.9. The number of benzene rings is 2. The molecule has 1 saturated heterocycles. The Morgan fingerprint density at radius 3 is 2.91 bits per heavy atom. The van der Waals surface area contributed by atoms with Crippen molar-refractivity contribution in [3.63, 3.8) is 0 Å². The van der Waals surface area contributed by atoms with Gasteiger partial charge >= 0.3 is 16.4 Å². The molecule has 1 aliphatic carbocycles. The van der Waals surface area contributed by atoms with E-state index in [-0.39, 0.29) is 16.1 Å². The molecule has 3 atom stereocenters. The number of rotatable bonds is 6. The lowest BCUT2D eigenvalue weighted by Gasteiger charge is -2.21. The summed E-state index contributed by atoms with van der Waals surface area (Å²) in [5.74, 6) is 0.737. The minimum Gasteiger partial charge on any atom is -0.492 e. The van der Waals surface area contributed by atoms with Crippen LogP contribution in [-0.2, 0) is 19.3 Å². The Morgan fingerprint density at radius 1 is 1.33 bits per heavy atom. The van der Waals surface area contributed by atoms with E-state index in [2.05, 4.69) is 16.5 Å². The third-order valence-electron chi connectivity index (χ3n) is 6.79. The number of nitrogens with zero attached hydrogens (tertiary/aromatic N) is 1. The minimum absolute atomic E-state index is 0.173. The Labute approximate surface area is 195 Å². The lowest BCUT2D eigenvalue weighted by atomic mass is 10.0. The summed E-state index contributed by atoms with van der Waals surface area (Å²) in [6.07, 6.45) is 3.99. The second kappa shape index (κ2) is 8.59. The average Bonchev–Trinajstić information content (AvgIpc) is 3.48. The normalized spacial score (nSPS) is 24.4. The molecule has 0 spiro atoms. The maximum Gasteiger partial charge on any atom is 0.346 e. The van der Waals surface area contributed by atoms with Crippen molar-refractivity contribution in [1.29, 1.82) is 0 Å². The molecule has 0 amide bonds. The van der Waals surface area contributed by atoms with Gasteiger partial charge < -0.3 is 9.47 Å². The predicted octanol–water partition coefficient (Wildman–Crippen LogP) is 4.44. The van der Waals surface area contributed by atoms with Crippen molar-refractivity contribution >= 4 is 28.1 Å². The Bertz CT molecular complexity index is 1180. The summed E-state index contributed by atoms with van der Waals surface area (Å²) < 4.78 is 38.3. The van der Waals surface area contributed by atoms with E-state index in [1.54, 1.807) is 18.2 Å². The van der Waals surface area contributed by atoms with E-state index in [1.165, 1.54) is 12.7 Å². The van der Waals surface area contributed by atoms with Gasteiger partial charge in [-0.15, -0.1) is 0 Å². The van der Waals surface area contributed by atoms with Crippen LogP contribution in [0, 0.1) is 5.92 Å². The number of hydrogen-bond acceptors (Lipinski definition) is 5. The number of fused-ring (bicyclic) bond motifs is 3. The fourth-order valence-electron chi connectivity index (χ4n) is 4.85. The number of carbonyl (C=O) groups is 1. The average molecular weight is 470 g/mol. The molecule has 0 aromatic heterocycles. The van der Waals surface area contributed by atoms with Crippen molar-refractivity contribution in [2.45, 2.75) is 30.6 Å². The summed E-state index contributed by atoms with van der Waals surface area (Å²) in [5, 5.41) is 0. The molecule has 8 heteroatoms. The molecule has 1 unspecified atom stereocenters. The van der Waals surface area contributed by atoms with Crippen molar-refractivity contribution in [1.82, 2.24) is 4.90 Å². The van der Waals surface area contributed by atoms with Crippen LogP contribution in [0.5, 0.6) is 5.75 Å². The van der Waals surface area contributed by atoms with Gasteiger partial charge in [0.25, 0.3) is 0 Å². The highest BCUT2D eigenvalue weighted by Gasteiger charge is 2.46. The molecule has 33 heavy (non-hydrogen) atoms. The van der Waals surface area contributed by atoms with Crippen LogP contribution >= 0.6 is 0 Å². The van der Waals surface area contributed by atoms with Crippen molar-refractivity contribution in [3.8, 4) is 5.75 Å². The van der Waals surface area contributed by atoms with Crippen LogP contribution in [0.25, 0.3) is 6.08 Å². The van der Waals surface area contributed by atoms with Crippen molar-refractivity contribution < 1.29 is 23.0 Å². The summed E-state index contributed by atoms with van der Waals surface area (Å²) in [4.78, 5) is 15.3. The Hall–Kier alpha value is -2.68. The molecule has 2 aromatic rings. The van der Waals surface area contributed by atoms with Crippen LogP contribution in [0.4, 0.5) is 5.69 Å². The largest absolute Gasteiger partial charge is 0.492 e. The Morgan fingerprint density at radius 2 is 2.15 bits per heavy atom. The van der Waals surface area contributed by atoms with Crippen LogP contribution < -0.4 is 9.46 Å². The van der Waals surface area contributed by atoms with Gasteiger partial charge in [-0.25, -0.2) is 4.79 Å². The first-order valence-electron chi connectivity index (χ1n) is 11.3. The van der Waals surface area contributed by atoms with Gasteiger partial charge in [-0.05, 0) is 59.4 Å². The van der Waals surface area contributed by atoms with Gasteiger partial charge in [-0.1, -0.05) is 30.7 Å². The molecule has 3 aliphatic rings. The van der Waals surface area contributed by atoms with Crippen molar-refractivity contribution in [2.24, 2.45) is 5.92 Å². The number of methoxy groups -OCH3 is 1. The van der Waals surface area contributed by atoms with E-state index < -0.39 is 16.4 Å². The molecule has 0 bridgehead atoms. The molecular weight excluding hydrogens is 440 g/mol. The smallest absolute Gasteiger partial charge is 0.346 e. The van der Waals surface area contributed by atoms with E-state index >= 15 is 0 Å². The number of hydrogen-bond donors (Lipinski definition) is 2. The zero-order valence-corrected chi connectivity index (χ0v) is 19.7. The highest BCUT2D eigenvalue weighted by atomic mass is 32.3. The molecule has 174 valence electrons. The molecule has 2 N–H and O–H groups in total. The number of nitrogens with one attached hydrogen (secondary N) is 1. The highest BCUT2D eigenvalue weighted by molar-refractivity contribution is 7.99. The number of likely N-dealkylation sites (N-methyl/N-ethyl adjacent to an activating group) is 1. The number of carbonyl (C=O) groups excluding carboxylic acids is 1. The molecule has 2 aliphatic heterocycles. The Balaban J connectivity index is 1.50. The fraction of sp³-hybridized carbons (Fsp3) is 0.400. The maximum atomic E-state index is 13.6. The van der Waals surface area contributed by atoms with Crippen molar-refractivity contribution in [2.75, 3.05) is 38.1 Å². The zero-order chi connectivity index (χ0) is 23.2. The number of anilines is 1. The first kappa shape index (κ1) is 22.1. The second-order valence-electron chi connectivity index (χ2n) is 8.90. The molecule has 1 saturated carbocycles. The predicted molar refractivity (Wildman–Crippen MR) is 128 cm³/mol. The Kier molecular flexibility index (Phi) is 5.76. The summed E-state index contributed by atoms with van der Waals surface area (Å²) in [7, 11) is -2.42. The highest BCUT2D eigenvalue weighted by Crippen LogP contribution is 2.55. The van der Waals surface area contributed by atoms with Gasteiger partial charge in [-0.3, -0.25) is 4.90 Å². The third kappa shape index (κ3) is 4.18. The minimum atomic E-state index is -3.72. The van der Waals surface area contributed by atoms with Crippen molar-refractivity contribution in [3.05, 3.63) is 58.7 Å². The summed E-state index contributed by atoms with van der Waals surface area (Å²) in [6, 6.07) is 10.7. The second-order valence-corrected chi connectivity index (χ2v) is 10.6. The quantitative estimate of drug-likeness (QED) is 0.481. The molecule has 2 fully saturated rings. The zero-order valence-electron chi connectivity index (χ0n) is 18.9. The maximum absolute atomic E-state index is 13.6. The van der Waals surface area contributed by atoms with E-state index in [0.717, 1.165) is 38.0 Å². The van der Waals surface area contributed by atoms with Gasteiger partial charge in [-0.2, -0.15) is 9.27 Å². The SMILES string of the molecule is CCN1CC/C(=C/c2ccccc2[S+](=O)(O)Nc2ccc3c(c2C(=O)OC)OC[C@@H]2C[C@H]32)C1. The van der Waals surface area contributed by atoms with Crippen LogP contribution in [-0.4, -0.2) is 48.8 Å². The number of esters is 1. The molecule has 7 nitrogen and oxygen atoms in total. The first-order valence-corrected chi connectivity index (χ1v) is 12.9. The fourth-order valence-corrected chi connectivity index (χ4v) is 6.14. The summed E-state index contributed by atoms with van der Waals surface area (Å²) in [5.41, 5.74) is 3.30. The topological polar surface area (TPSA) is 88.1 Å². The van der Waals surface area contributed by atoms with Crippen LogP contribution in [0.3, 0.4) is 0 Å². The standard InChI is InChI=1S/C25H28N2O5S/c1-3-27-11-10-16(14-27)12-17-6-4-5-7-22(17)33(29,30)26-21-9-8-19-20-13-18(20)15-32-24(19)23(21)25(28)31-2/h4-9,12,18,20H,3,10-11,13-15H2,1-2H3,(H-,26,28,29,30)/p+1/b16-12-/t18-,20-/m0/s1. The number of ether oxygens (including phenoxy) is 2. The summed E-state index contributed by atoms with van der Waals surface area (Å²) >= 11 is 0. The number of likely N-dealkylation sites (tertiary alicyclic amines) is 1. The lowest BCUT2D eigenvalue weighted by Crippen LogP contribution is -2.24. The van der Waals surface area contributed by atoms with Gasteiger partial charge in [0.2, 0.25) is 4.90 Å². The summed E-state index contributed by atoms with van der Waals surface area (Å²) in [6.45, 7) is 5.52. The molecule has 2 aromatic carbocycles. The van der Waals surface area contributed by atoms with Gasteiger partial charge in [0.05, 0.1) is 13.7 Å². The monoisotopic (exact) mass is 469 g/mol. The van der Waals surface area contributed by atoms with E-state index in [4.69, 9.17) is 9.47 Å². The van der Waals surface area contributed by atoms with Crippen LogP contribution in [0.15, 0.2) is 46.9 Å². The molecule has 5 rings (SSSR count). The lowest BCUT2D eigenvalue weighted by molar-refractivity contribution is 0.0596. The van der Waals surface area contributed by atoms with Crippen LogP contribution in [0.1, 0.15) is 47.2 Å². The molecular formula is C25H29N2O5S+.